The summed E-state index contributed by atoms with van der Waals surface area (Å²) in [6, 6.07) is 4.07. The first-order valence-corrected chi connectivity index (χ1v) is 7.43. The number of hydrogen-bond donors (Lipinski definition) is 0. The number of carbonyl (C=O) groups excluding carboxylic acids is 1. The lowest BCUT2D eigenvalue weighted by atomic mass is 10.1. The smallest absolute Gasteiger partial charge is 0.174 e. The van der Waals surface area contributed by atoms with Crippen LogP contribution in [0.3, 0.4) is 0 Å². The second-order valence-corrected chi connectivity index (χ2v) is 5.80. The first-order valence-electron chi connectivity index (χ1n) is 6.64. The third kappa shape index (κ3) is 3.56. The van der Waals surface area contributed by atoms with Crippen LogP contribution in [0.25, 0.3) is 0 Å². The zero-order valence-corrected chi connectivity index (χ0v) is 13.3. The van der Waals surface area contributed by atoms with Gasteiger partial charge in [-0.25, -0.2) is 8.78 Å². The monoisotopic (exact) mass is 356 g/mol. The highest BCUT2D eigenvalue weighted by Gasteiger charge is 2.19. The molecule has 6 heteroatoms. The number of nitrogens with zero attached hydrogens (tertiary/aromatic N) is 2. The van der Waals surface area contributed by atoms with Gasteiger partial charge in [-0.3, -0.25) is 9.48 Å². The number of rotatable bonds is 5. The van der Waals surface area contributed by atoms with Gasteiger partial charge in [0.1, 0.15) is 11.6 Å². The van der Waals surface area contributed by atoms with Crippen LogP contribution in [0.2, 0.25) is 0 Å². The average molecular weight is 357 g/mol. The van der Waals surface area contributed by atoms with E-state index in [0.717, 1.165) is 18.6 Å². The van der Waals surface area contributed by atoms with Crippen LogP contribution in [0.4, 0.5) is 8.78 Å². The Kier molecular flexibility index (Phi) is 4.88. The zero-order chi connectivity index (χ0) is 15.6. The topological polar surface area (TPSA) is 34.9 Å². The molecule has 0 radical (unpaired) electrons. The number of hydrogen-bond acceptors (Lipinski definition) is 2. The summed E-state index contributed by atoms with van der Waals surface area (Å²) in [6.07, 6.45) is 2.55. The predicted molar refractivity (Wildman–Crippen MR) is 79.3 cm³/mol. The van der Waals surface area contributed by atoms with E-state index < -0.39 is 23.0 Å². The number of halogens is 3. The van der Waals surface area contributed by atoms with Gasteiger partial charge < -0.3 is 0 Å². The number of Topliss-reactive ketones (excluding diaryl/α,β-unsaturated/α-hetero) is 1. The van der Waals surface area contributed by atoms with Gasteiger partial charge in [0.25, 0.3) is 0 Å². The first kappa shape index (κ1) is 15.8. The highest BCUT2D eigenvalue weighted by atomic mass is 79.9. The molecule has 0 aliphatic heterocycles. The summed E-state index contributed by atoms with van der Waals surface area (Å²) in [5.74, 6) is -2.35. The Labute approximate surface area is 130 Å². The molecule has 0 aliphatic rings. The molecule has 0 spiro atoms. The fraction of sp³-hybridized carbons (Fsp3) is 0.333. The standard InChI is InChI=1S/C15H15BrF2N2O/c1-3-9(2)20-5-4-11(19-20)8-14(21)15-12(17)6-10(16)7-13(15)18/h4-7,9H,3,8H2,1-2H3. The quantitative estimate of drug-likeness (QED) is 0.747. The van der Waals surface area contributed by atoms with Gasteiger partial charge in [0.15, 0.2) is 5.78 Å². The van der Waals surface area contributed by atoms with Crippen molar-refractivity contribution in [2.24, 2.45) is 0 Å². The van der Waals surface area contributed by atoms with Crippen LogP contribution in [0.5, 0.6) is 0 Å². The van der Waals surface area contributed by atoms with Crippen LogP contribution < -0.4 is 0 Å². The SMILES string of the molecule is CCC(C)n1ccc(CC(=O)c2c(F)cc(Br)cc2F)n1. The van der Waals surface area contributed by atoms with Gasteiger partial charge >= 0.3 is 0 Å². The van der Waals surface area contributed by atoms with Gasteiger partial charge in [-0.05, 0) is 31.5 Å². The van der Waals surface area contributed by atoms with E-state index in [9.17, 15) is 13.6 Å². The van der Waals surface area contributed by atoms with Crippen molar-refractivity contribution in [3.05, 3.63) is 51.8 Å². The Morgan fingerprint density at radius 1 is 1.38 bits per heavy atom. The summed E-state index contributed by atoms with van der Waals surface area (Å²) in [5.41, 5.74) is -0.0155. The van der Waals surface area contributed by atoms with Gasteiger partial charge in [-0.15, -0.1) is 0 Å². The van der Waals surface area contributed by atoms with Crippen LogP contribution in [0, 0.1) is 11.6 Å². The Balaban J connectivity index is 2.21. The van der Waals surface area contributed by atoms with Gasteiger partial charge in [-0.2, -0.15) is 5.10 Å². The van der Waals surface area contributed by atoms with E-state index in [-0.39, 0.29) is 16.9 Å². The third-order valence-electron chi connectivity index (χ3n) is 3.33. The van der Waals surface area contributed by atoms with Crippen molar-refractivity contribution in [2.75, 3.05) is 0 Å². The fourth-order valence-corrected chi connectivity index (χ4v) is 2.37. The summed E-state index contributed by atoms with van der Waals surface area (Å²) >= 11 is 2.98. The van der Waals surface area contributed by atoms with Crippen molar-refractivity contribution in [3.8, 4) is 0 Å². The van der Waals surface area contributed by atoms with E-state index in [4.69, 9.17) is 0 Å². The highest BCUT2D eigenvalue weighted by molar-refractivity contribution is 9.10. The molecular formula is C15H15BrF2N2O. The van der Waals surface area contributed by atoms with Crippen molar-refractivity contribution in [1.29, 1.82) is 0 Å². The maximum absolute atomic E-state index is 13.7. The molecule has 21 heavy (non-hydrogen) atoms. The fourth-order valence-electron chi connectivity index (χ4n) is 1.97. The minimum Gasteiger partial charge on any atom is -0.294 e. The molecule has 0 amide bonds. The van der Waals surface area contributed by atoms with Gasteiger partial charge in [0.2, 0.25) is 0 Å². The third-order valence-corrected chi connectivity index (χ3v) is 3.79. The van der Waals surface area contributed by atoms with E-state index in [1.807, 2.05) is 13.8 Å². The molecule has 1 aromatic carbocycles. The normalized spacial score (nSPS) is 12.4. The Hall–Kier alpha value is -1.56. The second-order valence-electron chi connectivity index (χ2n) is 4.89. The second kappa shape index (κ2) is 6.47. The van der Waals surface area contributed by atoms with Crippen molar-refractivity contribution in [2.45, 2.75) is 32.7 Å². The van der Waals surface area contributed by atoms with E-state index in [1.54, 1.807) is 16.9 Å². The number of benzene rings is 1. The van der Waals surface area contributed by atoms with Gasteiger partial charge in [-0.1, -0.05) is 22.9 Å². The lowest BCUT2D eigenvalue weighted by Crippen LogP contribution is -2.11. The predicted octanol–water partition coefficient (Wildman–Crippen LogP) is 4.32. The summed E-state index contributed by atoms with van der Waals surface area (Å²) in [4.78, 5) is 12.1. The molecule has 0 bridgehead atoms. The molecule has 1 heterocycles. The molecule has 1 aromatic heterocycles. The molecule has 0 saturated carbocycles. The zero-order valence-electron chi connectivity index (χ0n) is 11.7. The van der Waals surface area contributed by atoms with E-state index >= 15 is 0 Å². The van der Waals surface area contributed by atoms with E-state index in [1.165, 1.54) is 0 Å². The summed E-state index contributed by atoms with van der Waals surface area (Å²) in [7, 11) is 0. The Bertz CT molecular complexity index is 646. The van der Waals surface area contributed by atoms with Crippen molar-refractivity contribution >= 4 is 21.7 Å². The van der Waals surface area contributed by atoms with Gasteiger partial charge in [0.05, 0.1) is 17.7 Å². The Morgan fingerprint density at radius 3 is 2.57 bits per heavy atom. The lowest BCUT2D eigenvalue weighted by molar-refractivity contribution is 0.0983. The molecular weight excluding hydrogens is 342 g/mol. The number of aromatic nitrogens is 2. The molecule has 2 aromatic rings. The van der Waals surface area contributed by atoms with E-state index in [0.29, 0.717) is 5.69 Å². The minimum absolute atomic E-state index is 0.126. The maximum atomic E-state index is 13.7. The minimum atomic E-state index is -0.867. The average Bonchev–Trinajstić information content (AvgIpc) is 2.85. The highest BCUT2D eigenvalue weighted by Crippen LogP contribution is 2.21. The van der Waals surface area contributed by atoms with Gasteiger partial charge in [0, 0.05) is 16.7 Å². The lowest BCUT2D eigenvalue weighted by Gasteiger charge is -2.08. The molecule has 1 unspecified atom stereocenters. The van der Waals surface area contributed by atoms with Crippen LogP contribution >= 0.6 is 15.9 Å². The number of ketones is 1. The molecule has 112 valence electrons. The van der Waals surface area contributed by atoms with Crippen LogP contribution in [0.1, 0.15) is 42.4 Å². The maximum Gasteiger partial charge on any atom is 0.174 e. The first-order chi connectivity index (χ1) is 9.92. The summed E-state index contributed by atoms with van der Waals surface area (Å²) in [6.45, 7) is 4.04. The van der Waals surface area contributed by atoms with Crippen LogP contribution in [-0.2, 0) is 6.42 Å². The van der Waals surface area contributed by atoms with E-state index in [2.05, 4.69) is 21.0 Å². The summed E-state index contributed by atoms with van der Waals surface area (Å²) < 4.78 is 29.5. The molecule has 0 fully saturated rings. The van der Waals surface area contributed by atoms with Crippen LogP contribution in [-0.4, -0.2) is 15.6 Å². The molecule has 2 rings (SSSR count). The molecule has 0 saturated heterocycles. The van der Waals surface area contributed by atoms with Crippen molar-refractivity contribution in [1.82, 2.24) is 9.78 Å². The summed E-state index contributed by atoms with van der Waals surface area (Å²) in [5, 5.41) is 4.27. The Morgan fingerprint density at radius 2 is 2.00 bits per heavy atom. The number of carbonyl (C=O) groups is 1. The van der Waals surface area contributed by atoms with Crippen molar-refractivity contribution in [3.63, 3.8) is 0 Å². The molecule has 3 nitrogen and oxygen atoms in total. The largest absolute Gasteiger partial charge is 0.294 e. The van der Waals surface area contributed by atoms with Crippen LogP contribution in [0.15, 0.2) is 28.9 Å². The molecule has 0 N–H and O–H groups in total. The van der Waals surface area contributed by atoms with Crippen molar-refractivity contribution < 1.29 is 13.6 Å². The molecule has 1 atom stereocenters. The molecule has 0 aliphatic carbocycles.